The van der Waals surface area contributed by atoms with E-state index in [2.05, 4.69) is 10.3 Å². The topological polar surface area (TPSA) is 71.5 Å². The number of hydrogen-bond acceptors (Lipinski definition) is 5. The maximum Gasteiger partial charge on any atom is 0.265 e. The Kier molecular flexibility index (Phi) is 5.07. The molecule has 0 saturated heterocycles. The lowest BCUT2D eigenvalue weighted by Gasteiger charge is -2.33. The summed E-state index contributed by atoms with van der Waals surface area (Å²) in [6, 6.07) is 14.1. The Labute approximate surface area is 173 Å². The number of ether oxygens (including phenoxy) is 1. The molecule has 4 rings (SSSR count). The summed E-state index contributed by atoms with van der Waals surface area (Å²) in [6.45, 7) is 5.61. The molecule has 148 valence electrons. The zero-order valence-electron chi connectivity index (χ0n) is 16.4. The van der Waals surface area contributed by atoms with Crippen LogP contribution in [-0.4, -0.2) is 29.4 Å². The number of carbonyl (C=O) groups is 2. The van der Waals surface area contributed by atoms with Crippen LogP contribution < -0.4 is 15.0 Å². The highest BCUT2D eigenvalue weighted by Gasteiger charge is 2.33. The van der Waals surface area contributed by atoms with E-state index in [1.54, 1.807) is 18.3 Å². The van der Waals surface area contributed by atoms with Crippen molar-refractivity contribution in [3.05, 3.63) is 58.4 Å². The molecule has 0 spiro atoms. The molecule has 6 nitrogen and oxygen atoms in total. The predicted octanol–water partition coefficient (Wildman–Crippen LogP) is 4.18. The molecule has 1 aliphatic heterocycles. The van der Waals surface area contributed by atoms with E-state index in [9.17, 15) is 9.59 Å². The summed E-state index contributed by atoms with van der Waals surface area (Å²) in [7, 11) is 0. The van der Waals surface area contributed by atoms with Gasteiger partial charge in [-0.05, 0) is 51.1 Å². The first-order valence-electron chi connectivity index (χ1n) is 9.33. The number of aryl methyl sites for hydroxylation is 2. The van der Waals surface area contributed by atoms with E-state index in [4.69, 9.17) is 4.74 Å². The first-order valence-corrected chi connectivity index (χ1v) is 10.1. The largest absolute Gasteiger partial charge is 0.482 e. The fraction of sp³-hybridized carbons (Fsp3) is 0.227. The van der Waals surface area contributed by atoms with Gasteiger partial charge in [0.2, 0.25) is 5.91 Å². The van der Waals surface area contributed by atoms with Gasteiger partial charge in [0.15, 0.2) is 6.61 Å². The highest BCUT2D eigenvalue weighted by molar-refractivity contribution is 7.11. The van der Waals surface area contributed by atoms with Gasteiger partial charge < -0.3 is 10.1 Å². The summed E-state index contributed by atoms with van der Waals surface area (Å²) < 4.78 is 5.60. The number of hydrogen-bond donors (Lipinski definition) is 1. The van der Waals surface area contributed by atoms with Gasteiger partial charge in [-0.2, -0.15) is 0 Å². The Hall–Kier alpha value is -3.19. The number of fused-ring (bicyclic) bond motifs is 1. The molecule has 0 fully saturated rings. The van der Waals surface area contributed by atoms with E-state index < -0.39 is 6.04 Å². The van der Waals surface area contributed by atoms with Crippen LogP contribution >= 0.6 is 11.3 Å². The van der Waals surface area contributed by atoms with Gasteiger partial charge in [0.1, 0.15) is 11.8 Å². The number of aromatic nitrogens is 1. The average Bonchev–Trinajstić information content (AvgIpc) is 3.05. The molecule has 0 aliphatic carbocycles. The number of rotatable bonds is 4. The van der Waals surface area contributed by atoms with Crippen molar-refractivity contribution in [2.24, 2.45) is 0 Å². The van der Waals surface area contributed by atoms with Crippen LogP contribution in [0.1, 0.15) is 16.8 Å². The molecule has 29 heavy (non-hydrogen) atoms. The van der Waals surface area contributed by atoms with Crippen LogP contribution in [0.25, 0.3) is 11.3 Å². The molecule has 1 aromatic heterocycles. The quantitative estimate of drug-likeness (QED) is 0.704. The van der Waals surface area contributed by atoms with Crippen molar-refractivity contribution in [2.75, 3.05) is 16.8 Å². The Morgan fingerprint density at radius 1 is 1.21 bits per heavy atom. The third kappa shape index (κ3) is 3.73. The van der Waals surface area contributed by atoms with Gasteiger partial charge in [-0.3, -0.25) is 14.5 Å². The molecule has 2 aromatic carbocycles. The van der Waals surface area contributed by atoms with Crippen molar-refractivity contribution in [3.63, 3.8) is 0 Å². The second kappa shape index (κ2) is 7.67. The zero-order chi connectivity index (χ0) is 20.5. The molecule has 2 amide bonds. The van der Waals surface area contributed by atoms with Crippen molar-refractivity contribution in [2.45, 2.75) is 26.8 Å². The van der Waals surface area contributed by atoms with Crippen molar-refractivity contribution < 1.29 is 14.3 Å². The highest BCUT2D eigenvalue weighted by Crippen LogP contribution is 2.38. The third-order valence-corrected chi connectivity index (χ3v) is 5.71. The lowest BCUT2D eigenvalue weighted by molar-refractivity contribution is -0.125. The first kappa shape index (κ1) is 19.1. The molecule has 2 heterocycles. The number of amides is 2. The summed E-state index contributed by atoms with van der Waals surface area (Å²) in [5, 5.41) is 3.85. The second-order valence-corrected chi connectivity index (χ2v) is 8.31. The Balaban J connectivity index is 1.68. The van der Waals surface area contributed by atoms with Crippen LogP contribution in [0.2, 0.25) is 0 Å². The molecule has 0 radical (unpaired) electrons. The third-order valence-electron chi connectivity index (χ3n) is 4.82. The Morgan fingerprint density at radius 2 is 1.97 bits per heavy atom. The second-order valence-electron chi connectivity index (χ2n) is 6.90. The SMILES string of the molecule is Cc1nc(-c2ccc3c(c2)N(C(C)C(=O)Nc2ccccc2)C(=O)CO3)c(C)s1. The summed E-state index contributed by atoms with van der Waals surface area (Å²) in [5.41, 5.74) is 3.05. The first-order chi connectivity index (χ1) is 13.9. The number of nitrogens with one attached hydrogen (secondary N) is 1. The molecule has 0 bridgehead atoms. The minimum atomic E-state index is -0.695. The summed E-state index contributed by atoms with van der Waals surface area (Å²) in [6.07, 6.45) is 0. The maximum absolute atomic E-state index is 12.8. The normalized spacial score (nSPS) is 14.2. The average molecular weight is 407 g/mol. The molecule has 0 saturated carbocycles. The van der Waals surface area contributed by atoms with Crippen molar-refractivity contribution >= 4 is 34.5 Å². The minimum absolute atomic E-state index is 0.0931. The fourth-order valence-electron chi connectivity index (χ4n) is 3.43. The van der Waals surface area contributed by atoms with Crippen molar-refractivity contribution in [3.8, 4) is 17.0 Å². The lowest BCUT2D eigenvalue weighted by Crippen LogP contribution is -2.49. The minimum Gasteiger partial charge on any atom is -0.482 e. The van der Waals surface area contributed by atoms with Crippen LogP contribution in [-0.2, 0) is 9.59 Å². The van der Waals surface area contributed by atoms with Crippen LogP contribution in [0.4, 0.5) is 11.4 Å². The number of carbonyl (C=O) groups excluding carboxylic acids is 2. The Morgan fingerprint density at radius 3 is 2.66 bits per heavy atom. The fourth-order valence-corrected chi connectivity index (χ4v) is 4.27. The van der Waals surface area contributed by atoms with E-state index in [0.717, 1.165) is 21.1 Å². The van der Waals surface area contributed by atoms with E-state index >= 15 is 0 Å². The van der Waals surface area contributed by atoms with E-state index in [1.165, 1.54) is 4.90 Å². The van der Waals surface area contributed by atoms with Crippen LogP contribution in [0.5, 0.6) is 5.75 Å². The van der Waals surface area contributed by atoms with Gasteiger partial charge in [-0.25, -0.2) is 4.98 Å². The molecule has 1 aliphatic rings. The van der Waals surface area contributed by atoms with Crippen molar-refractivity contribution in [1.29, 1.82) is 0 Å². The zero-order valence-corrected chi connectivity index (χ0v) is 17.2. The van der Waals surface area contributed by atoms with Gasteiger partial charge >= 0.3 is 0 Å². The number of anilines is 2. The number of para-hydroxylation sites is 1. The van der Waals surface area contributed by atoms with Crippen molar-refractivity contribution in [1.82, 2.24) is 4.98 Å². The van der Waals surface area contributed by atoms with E-state index in [-0.39, 0.29) is 18.4 Å². The highest BCUT2D eigenvalue weighted by atomic mass is 32.1. The van der Waals surface area contributed by atoms with Gasteiger partial charge in [0.05, 0.1) is 16.4 Å². The Bertz CT molecular complexity index is 1080. The predicted molar refractivity (Wildman–Crippen MR) is 115 cm³/mol. The van der Waals surface area contributed by atoms with Crippen LogP contribution in [0, 0.1) is 13.8 Å². The standard InChI is InChI=1S/C22H21N3O3S/c1-13(22(27)24-17-7-5-4-6-8-17)25-18-11-16(21-14(2)29-15(3)23-21)9-10-19(18)28-12-20(25)26/h4-11,13H,12H2,1-3H3,(H,24,27). The van der Waals surface area contributed by atoms with E-state index in [1.807, 2.05) is 62.4 Å². The maximum atomic E-state index is 12.8. The molecule has 7 heteroatoms. The monoisotopic (exact) mass is 407 g/mol. The summed E-state index contributed by atoms with van der Waals surface area (Å²) >= 11 is 1.63. The van der Waals surface area contributed by atoms with Gasteiger partial charge in [-0.1, -0.05) is 18.2 Å². The molecular weight excluding hydrogens is 386 g/mol. The number of nitrogens with zero attached hydrogens (tertiary/aromatic N) is 2. The molecule has 1 N–H and O–H groups in total. The lowest BCUT2D eigenvalue weighted by atomic mass is 10.1. The van der Waals surface area contributed by atoms with Gasteiger partial charge in [0, 0.05) is 16.1 Å². The number of benzene rings is 2. The van der Waals surface area contributed by atoms with E-state index in [0.29, 0.717) is 17.1 Å². The van der Waals surface area contributed by atoms with Gasteiger partial charge in [0.25, 0.3) is 5.91 Å². The summed E-state index contributed by atoms with van der Waals surface area (Å²) in [4.78, 5) is 32.7. The summed E-state index contributed by atoms with van der Waals surface area (Å²) in [5.74, 6) is 0.0670. The number of thiazole rings is 1. The molecule has 1 unspecified atom stereocenters. The van der Waals surface area contributed by atoms with Crippen LogP contribution in [0.3, 0.4) is 0 Å². The molecular formula is C22H21N3O3S. The van der Waals surface area contributed by atoms with Crippen LogP contribution in [0.15, 0.2) is 48.5 Å². The molecule has 3 aromatic rings. The molecule has 1 atom stereocenters. The van der Waals surface area contributed by atoms with Gasteiger partial charge in [-0.15, -0.1) is 11.3 Å². The smallest absolute Gasteiger partial charge is 0.265 e.